The van der Waals surface area contributed by atoms with E-state index >= 15 is 0 Å². The van der Waals surface area contributed by atoms with Crippen molar-refractivity contribution in [2.24, 2.45) is 23.7 Å². The Kier molecular flexibility index (Phi) is 26.9. The van der Waals surface area contributed by atoms with E-state index in [4.69, 9.17) is 9.97 Å². The summed E-state index contributed by atoms with van der Waals surface area (Å²) in [6.07, 6.45) is 15.7. The summed E-state index contributed by atoms with van der Waals surface area (Å²) in [7, 11) is 0. The SMILES string of the molecule is CCNCCCCNCC1CC1CNCCCCN(CC)C(=O)CCC1=C(C)c2cc3nc(cc4[nH]c(cc5[nH]c(cc1n2)c(CCC(=O)N(CC)CCCCNC[C@@H]1C[C@H]1CNCCCCNCC)c5C)c(C)c4CC)C(C)C3CC. The molecule has 0 radical (unpaired) electrons. The Morgan fingerprint density at radius 1 is 0.524 bits per heavy atom. The van der Waals surface area contributed by atoms with Crippen LogP contribution in [0.5, 0.6) is 0 Å². The maximum Gasteiger partial charge on any atom is 0.222 e. The van der Waals surface area contributed by atoms with Crippen LogP contribution in [0.2, 0.25) is 0 Å². The summed E-state index contributed by atoms with van der Waals surface area (Å²) in [6, 6.07) is 8.99. The van der Waals surface area contributed by atoms with Crippen LogP contribution < -0.4 is 31.9 Å². The number of amides is 2. The van der Waals surface area contributed by atoms with Gasteiger partial charge in [0, 0.05) is 84.3 Å². The van der Waals surface area contributed by atoms with E-state index in [1.54, 1.807) is 0 Å². The van der Waals surface area contributed by atoms with Gasteiger partial charge >= 0.3 is 0 Å². The number of nitrogens with zero attached hydrogens (tertiary/aromatic N) is 4. The van der Waals surface area contributed by atoms with Gasteiger partial charge in [0.05, 0.1) is 11.4 Å². The highest BCUT2D eigenvalue weighted by molar-refractivity contribution is 5.94. The number of hydrogen-bond donors (Lipinski definition) is 8. The van der Waals surface area contributed by atoms with E-state index in [2.05, 4.69) is 145 Å². The summed E-state index contributed by atoms with van der Waals surface area (Å²) in [5.74, 6) is 4.14. The van der Waals surface area contributed by atoms with Crippen molar-refractivity contribution in [2.45, 2.75) is 184 Å². The highest BCUT2D eigenvalue weighted by Gasteiger charge is 2.36. The van der Waals surface area contributed by atoms with Crippen molar-refractivity contribution in [2.75, 3.05) is 105 Å². The van der Waals surface area contributed by atoms with Crippen molar-refractivity contribution in [1.29, 1.82) is 0 Å². The second-order valence-corrected chi connectivity index (χ2v) is 24.6. The first-order valence-electron chi connectivity index (χ1n) is 33.2. The lowest BCUT2D eigenvalue weighted by molar-refractivity contribution is -0.131. The van der Waals surface area contributed by atoms with Crippen molar-refractivity contribution in [3.63, 3.8) is 0 Å². The minimum absolute atomic E-state index is 0.197. The number of aryl methyl sites for hydroxylation is 4. The number of carbonyl (C=O) groups excluding carboxylic acids is 2. The van der Waals surface area contributed by atoms with Gasteiger partial charge in [-0.15, -0.1) is 0 Å². The molecule has 2 saturated carbocycles. The molecule has 456 valence electrons. The molecule has 0 saturated heterocycles. The van der Waals surface area contributed by atoms with E-state index in [9.17, 15) is 9.59 Å². The third kappa shape index (κ3) is 18.8. The normalized spacial score (nSPS) is 19.3. The number of carbonyl (C=O) groups is 2. The van der Waals surface area contributed by atoms with Gasteiger partial charge in [0.2, 0.25) is 11.8 Å². The molecule has 3 aromatic rings. The predicted molar refractivity (Wildman–Crippen MR) is 345 cm³/mol. The highest BCUT2D eigenvalue weighted by Crippen LogP contribution is 2.42. The molecular formula is C68H112N12O2. The Hall–Kier alpha value is -4.44. The number of allylic oxidation sites excluding steroid dienone is 2. The number of nitrogens with one attached hydrogen (secondary N) is 8. The average molecular weight is 1130 g/mol. The molecule has 8 bridgehead atoms. The van der Waals surface area contributed by atoms with Crippen LogP contribution in [0.15, 0.2) is 24.3 Å². The second-order valence-electron chi connectivity index (χ2n) is 24.6. The van der Waals surface area contributed by atoms with Gasteiger partial charge in [0.1, 0.15) is 0 Å². The van der Waals surface area contributed by atoms with E-state index in [0.717, 1.165) is 221 Å². The fourth-order valence-corrected chi connectivity index (χ4v) is 13.0. The molecule has 5 heterocycles. The van der Waals surface area contributed by atoms with Crippen LogP contribution in [0, 0.1) is 37.5 Å². The van der Waals surface area contributed by atoms with E-state index in [1.165, 1.54) is 49.7 Å². The maximum absolute atomic E-state index is 14.2. The van der Waals surface area contributed by atoms with Crippen LogP contribution in [0.1, 0.15) is 202 Å². The molecule has 14 nitrogen and oxygen atoms in total. The van der Waals surface area contributed by atoms with Crippen molar-refractivity contribution < 1.29 is 9.59 Å². The summed E-state index contributed by atoms with van der Waals surface area (Å²) >= 11 is 0. The number of fused-ring (bicyclic) bond motifs is 8. The van der Waals surface area contributed by atoms with Crippen LogP contribution in [-0.4, -0.2) is 146 Å². The highest BCUT2D eigenvalue weighted by atomic mass is 16.2. The van der Waals surface area contributed by atoms with Crippen LogP contribution >= 0.6 is 0 Å². The molecule has 0 spiro atoms. The fourth-order valence-electron chi connectivity index (χ4n) is 13.0. The van der Waals surface area contributed by atoms with Gasteiger partial charge < -0.3 is 51.7 Å². The maximum atomic E-state index is 14.2. The number of aromatic nitrogens is 4. The fraction of sp³-hybridized carbons (Fsp3) is 0.706. The molecule has 14 heteroatoms. The summed E-state index contributed by atoms with van der Waals surface area (Å²) in [5, 5.41) is 21.6. The lowest BCUT2D eigenvalue weighted by atomic mass is 9.89. The minimum atomic E-state index is 0.197. The molecule has 3 aromatic heterocycles. The molecular weight excluding hydrogens is 1020 g/mol. The van der Waals surface area contributed by atoms with Crippen LogP contribution in [-0.2, 0) is 22.4 Å². The zero-order valence-electron chi connectivity index (χ0n) is 53.0. The van der Waals surface area contributed by atoms with E-state index in [1.807, 2.05) is 0 Å². The predicted octanol–water partition coefficient (Wildman–Crippen LogP) is 11.1. The van der Waals surface area contributed by atoms with Crippen LogP contribution in [0.25, 0.3) is 33.2 Å². The summed E-state index contributed by atoms with van der Waals surface area (Å²) < 4.78 is 0. The molecule has 0 aromatic carbocycles. The number of aromatic amines is 2. The van der Waals surface area contributed by atoms with Gasteiger partial charge in [0.15, 0.2) is 0 Å². The van der Waals surface area contributed by atoms with Crippen molar-refractivity contribution >= 4 is 45.0 Å². The van der Waals surface area contributed by atoms with Gasteiger partial charge in [-0.05, 0) is 284 Å². The Bertz CT molecular complexity index is 2670. The minimum Gasteiger partial charge on any atom is -0.355 e. The lowest BCUT2D eigenvalue weighted by Crippen LogP contribution is -2.32. The van der Waals surface area contributed by atoms with E-state index in [-0.39, 0.29) is 23.7 Å². The van der Waals surface area contributed by atoms with Crippen molar-refractivity contribution in [1.82, 2.24) is 61.6 Å². The third-order valence-electron chi connectivity index (χ3n) is 18.8. The Morgan fingerprint density at radius 3 is 1.46 bits per heavy atom. The number of H-pyrrole nitrogens is 2. The van der Waals surface area contributed by atoms with Gasteiger partial charge in [0.25, 0.3) is 0 Å². The quantitative estimate of drug-likeness (QED) is 0.0257. The zero-order valence-corrected chi connectivity index (χ0v) is 53.0. The lowest BCUT2D eigenvalue weighted by Gasteiger charge is -2.21. The molecule has 82 heavy (non-hydrogen) atoms. The topological polar surface area (TPSA) is 170 Å². The van der Waals surface area contributed by atoms with Gasteiger partial charge in [-0.25, -0.2) is 4.98 Å². The number of hydrogen-bond acceptors (Lipinski definition) is 10. The molecule has 2 aliphatic carbocycles. The molecule has 6 atom stereocenters. The van der Waals surface area contributed by atoms with E-state index in [0.29, 0.717) is 38.8 Å². The first kappa shape index (κ1) is 65.1. The standard InChI is InChI=1S/C68H112N12O2/c1-11-55-47(7)59-39-60-49(9)57(25-27-67(81)79(15-5)35-23-21-33-73-45-53-37-51(53)43-71-31-19-17-29-69-13-3)65(77-60)42-66-58(50(10)62(78-66)41-64-56(12-2)48(8)61(76-64)40-63(55)75-59)26-28-68(82)80(16-6)36-24-22-34-74-46-54-38-52(54)44-72-32-20-18-30-70-14-4/h39-42,48,51-54,56,69-75,77H,11-38,43-46H2,1-10H3/t48?,51-,52?,53-,54?,56?/m0/s1. The molecule has 2 aliphatic heterocycles. The van der Waals surface area contributed by atoms with Crippen molar-refractivity contribution in [3.8, 4) is 0 Å². The van der Waals surface area contributed by atoms with Crippen LogP contribution in [0.3, 0.4) is 0 Å². The smallest absolute Gasteiger partial charge is 0.222 e. The monoisotopic (exact) mass is 1130 g/mol. The first-order chi connectivity index (χ1) is 39.9. The van der Waals surface area contributed by atoms with Crippen molar-refractivity contribution in [3.05, 3.63) is 69.3 Å². The Morgan fingerprint density at radius 2 is 0.988 bits per heavy atom. The number of unbranched alkanes of at least 4 members (excludes halogenated alkanes) is 4. The molecule has 7 rings (SSSR count). The zero-order chi connectivity index (χ0) is 58.4. The van der Waals surface area contributed by atoms with Gasteiger partial charge in [-0.3, -0.25) is 14.6 Å². The largest absolute Gasteiger partial charge is 0.355 e. The number of rotatable bonds is 40. The molecule has 8 N–H and O–H groups in total. The molecule has 2 amide bonds. The second kappa shape index (κ2) is 33.9. The molecule has 2 fully saturated rings. The first-order valence-corrected chi connectivity index (χ1v) is 33.2. The Balaban J connectivity index is 1.01. The van der Waals surface area contributed by atoms with Gasteiger partial charge in [-0.1, -0.05) is 34.6 Å². The summed E-state index contributed by atoms with van der Waals surface area (Å²) in [5.41, 5.74) is 15.3. The molecule has 4 aliphatic rings. The van der Waals surface area contributed by atoms with E-state index < -0.39 is 0 Å². The average Bonchev–Trinajstić information content (AvgIpc) is 4.49. The molecule has 4 unspecified atom stereocenters. The summed E-state index contributed by atoms with van der Waals surface area (Å²) in [6.45, 7) is 38.0. The summed E-state index contributed by atoms with van der Waals surface area (Å²) in [4.78, 5) is 50.9. The van der Waals surface area contributed by atoms with Gasteiger partial charge in [-0.2, -0.15) is 0 Å². The third-order valence-corrected chi connectivity index (χ3v) is 18.8. The Labute approximate surface area is 495 Å². The van der Waals surface area contributed by atoms with Crippen LogP contribution in [0.4, 0.5) is 0 Å².